The van der Waals surface area contributed by atoms with Crippen molar-refractivity contribution in [2.45, 2.75) is 277 Å². The predicted octanol–water partition coefficient (Wildman–Crippen LogP) is 19.2. The minimum Gasteiger partial charge on any atom is -0.462 e. The van der Waals surface area contributed by atoms with E-state index in [1.54, 1.807) is 0 Å². The molecule has 0 aliphatic rings. The van der Waals surface area contributed by atoms with Crippen LogP contribution in [0.3, 0.4) is 0 Å². The lowest BCUT2D eigenvalue weighted by Gasteiger charge is -2.18. The molecule has 0 aromatic carbocycles. The van der Waals surface area contributed by atoms with Gasteiger partial charge in [0.1, 0.15) is 13.2 Å². The van der Waals surface area contributed by atoms with Crippen molar-refractivity contribution in [2.24, 2.45) is 0 Å². The third-order valence-electron chi connectivity index (χ3n) is 12.1. The van der Waals surface area contributed by atoms with Crippen molar-refractivity contribution in [3.8, 4) is 0 Å². The zero-order chi connectivity index (χ0) is 49.3. The van der Waals surface area contributed by atoms with Gasteiger partial charge in [-0.05, 0) is 89.9 Å². The molecule has 0 bridgehead atoms. The normalized spacial score (nSPS) is 12.7. The number of hydrogen-bond acceptors (Lipinski definition) is 6. The number of esters is 3. The summed E-state index contributed by atoms with van der Waals surface area (Å²) in [7, 11) is 0. The Morgan fingerprint density at radius 2 is 0.588 bits per heavy atom. The van der Waals surface area contributed by atoms with Gasteiger partial charge >= 0.3 is 17.9 Å². The second-order valence-electron chi connectivity index (χ2n) is 18.8. The number of carbonyl (C=O) groups is 3. The summed E-state index contributed by atoms with van der Waals surface area (Å²) in [6.07, 6.45) is 72.9. The third kappa shape index (κ3) is 53.5. The van der Waals surface area contributed by atoms with Gasteiger partial charge in [0.15, 0.2) is 6.10 Å². The highest BCUT2D eigenvalue weighted by atomic mass is 16.6. The van der Waals surface area contributed by atoms with E-state index < -0.39 is 6.10 Å². The van der Waals surface area contributed by atoms with Crippen LogP contribution in [0.1, 0.15) is 271 Å². The molecule has 6 heteroatoms. The van der Waals surface area contributed by atoms with Gasteiger partial charge in [-0.1, -0.05) is 247 Å². The number of ether oxygens (including phenoxy) is 3. The molecule has 0 amide bonds. The molecular weight excluding hydrogens is 841 g/mol. The van der Waals surface area contributed by atoms with Crippen molar-refractivity contribution < 1.29 is 28.6 Å². The molecule has 6 nitrogen and oxygen atoms in total. The molecule has 0 aliphatic heterocycles. The van der Waals surface area contributed by atoms with Crippen LogP contribution in [0.25, 0.3) is 0 Å². The van der Waals surface area contributed by atoms with Crippen LogP contribution in [0.15, 0.2) is 85.1 Å². The standard InChI is InChI=1S/C62H106O6/c1-4-7-10-13-16-19-22-25-28-30-32-34-37-40-43-46-49-52-55-61(64)67-58-59(57-66-60(63)54-51-48-45-42-39-36-33-27-24-21-18-15-12-9-6-3)68-62(65)56-53-50-47-44-41-38-35-31-29-26-23-20-17-14-11-8-5-2/h8,11,17-18,20-21,26-27,29,33,35,38,44,47,59H,4-7,9-10,12-16,19,22-25,28,30-32,34,36-37,39-43,45-46,48-58H2,1-3H3/b11-8+,20-17+,21-18+,29-26+,33-27+,38-35+,47-44+/t59-/m1/s1. The van der Waals surface area contributed by atoms with Crippen molar-refractivity contribution in [1.82, 2.24) is 0 Å². The van der Waals surface area contributed by atoms with Gasteiger partial charge < -0.3 is 14.2 Å². The zero-order valence-corrected chi connectivity index (χ0v) is 44.6. The van der Waals surface area contributed by atoms with Gasteiger partial charge in [-0.15, -0.1) is 0 Å². The molecule has 0 aromatic heterocycles. The fourth-order valence-corrected chi connectivity index (χ4v) is 7.86. The van der Waals surface area contributed by atoms with E-state index >= 15 is 0 Å². The molecule has 0 aromatic rings. The molecule has 0 heterocycles. The van der Waals surface area contributed by atoms with Crippen LogP contribution in [0.4, 0.5) is 0 Å². The number of unbranched alkanes of at least 4 members (excludes halogenated alkanes) is 26. The summed E-state index contributed by atoms with van der Waals surface area (Å²) in [6, 6.07) is 0. The van der Waals surface area contributed by atoms with Gasteiger partial charge in [0.05, 0.1) is 0 Å². The lowest BCUT2D eigenvalue weighted by molar-refractivity contribution is -0.167. The molecule has 0 fully saturated rings. The highest BCUT2D eigenvalue weighted by Gasteiger charge is 2.19. The predicted molar refractivity (Wildman–Crippen MR) is 293 cm³/mol. The molecule has 390 valence electrons. The first-order valence-corrected chi connectivity index (χ1v) is 28.6. The zero-order valence-electron chi connectivity index (χ0n) is 44.6. The van der Waals surface area contributed by atoms with Crippen LogP contribution in [0, 0.1) is 0 Å². The van der Waals surface area contributed by atoms with Gasteiger partial charge in [0.25, 0.3) is 0 Å². The summed E-state index contributed by atoms with van der Waals surface area (Å²) >= 11 is 0. The smallest absolute Gasteiger partial charge is 0.306 e. The van der Waals surface area contributed by atoms with E-state index in [1.165, 1.54) is 122 Å². The van der Waals surface area contributed by atoms with Crippen LogP contribution in [0.2, 0.25) is 0 Å². The topological polar surface area (TPSA) is 78.9 Å². The first-order chi connectivity index (χ1) is 33.5. The minimum atomic E-state index is -0.811. The Bertz CT molecular complexity index is 1320. The lowest BCUT2D eigenvalue weighted by atomic mass is 10.0. The molecule has 0 rings (SSSR count). The highest BCUT2D eigenvalue weighted by Crippen LogP contribution is 2.16. The van der Waals surface area contributed by atoms with Gasteiger partial charge in [0.2, 0.25) is 0 Å². The van der Waals surface area contributed by atoms with E-state index in [9.17, 15) is 14.4 Å². The van der Waals surface area contributed by atoms with Crippen molar-refractivity contribution in [2.75, 3.05) is 13.2 Å². The first-order valence-electron chi connectivity index (χ1n) is 28.6. The van der Waals surface area contributed by atoms with Crippen LogP contribution in [-0.2, 0) is 28.6 Å². The van der Waals surface area contributed by atoms with Gasteiger partial charge in [-0.3, -0.25) is 14.4 Å². The number of hydrogen-bond donors (Lipinski definition) is 0. The van der Waals surface area contributed by atoms with E-state index in [2.05, 4.69) is 106 Å². The second-order valence-corrected chi connectivity index (χ2v) is 18.8. The summed E-state index contributed by atoms with van der Waals surface area (Å²) in [6.45, 7) is 6.46. The van der Waals surface area contributed by atoms with Crippen LogP contribution < -0.4 is 0 Å². The van der Waals surface area contributed by atoms with E-state index in [-0.39, 0.29) is 37.5 Å². The lowest BCUT2D eigenvalue weighted by Crippen LogP contribution is -2.30. The minimum absolute atomic E-state index is 0.102. The fourth-order valence-electron chi connectivity index (χ4n) is 7.86. The quantitative estimate of drug-likeness (QED) is 0.0262. The van der Waals surface area contributed by atoms with Crippen LogP contribution in [0.5, 0.6) is 0 Å². The van der Waals surface area contributed by atoms with Crippen LogP contribution >= 0.6 is 0 Å². The average molecular weight is 948 g/mol. The maximum absolute atomic E-state index is 12.8. The van der Waals surface area contributed by atoms with Gasteiger partial charge in [-0.25, -0.2) is 0 Å². The maximum atomic E-state index is 12.8. The SMILES string of the molecule is CC/C=C/C/C=C/C/C=C/C/C=C/C/C=C/CCCC(=O)O[C@H](COC(=O)CCCCCCC/C=C/C/C=C/CCCCC)COC(=O)CCCCCCCCCCCCCCCCCCCC. The number of rotatable bonds is 51. The summed E-state index contributed by atoms with van der Waals surface area (Å²) in [5.74, 6) is -0.968. The van der Waals surface area contributed by atoms with Gasteiger partial charge in [-0.2, -0.15) is 0 Å². The highest BCUT2D eigenvalue weighted by molar-refractivity contribution is 5.71. The molecule has 0 N–H and O–H groups in total. The Morgan fingerprint density at radius 3 is 0.971 bits per heavy atom. The average Bonchev–Trinajstić information content (AvgIpc) is 3.34. The summed E-state index contributed by atoms with van der Waals surface area (Å²) in [5, 5.41) is 0. The summed E-state index contributed by atoms with van der Waals surface area (Å²) in [5.41, 5.74) is 0. The Labute approximate surface area is 420 Å². The molecule has 0 radical (unpaired) electrons. The Kier molecular flexibility index (Phi) is 53.4. The molecule has 0 aliphatic carbocycles. The fraction of sp³-hybridized carbons (Fsp3) is 0.726. The molecule has 68 heavy (non-hydrogen) atoms. The van der Waals surface area contributed by atoms with Crippen molar-refractivity contribution >= 4 is 17.9 Å². The Morgan fingerprint density at radius 1 is 0.309 bits per heavy atom. The van der Waals surface area contributed by atoms with Crippen LogP contribution in [-0.4, -0.2) is 37.2 Å². The third-order valence-corrected chi connectivity index (χ3v) is 12.1. The summed E-state index contributed by atoms with van der Waals surface area (Å²) in [4.78, 5) is 38.1. The van der Waals surface area contributed by atoms with Crippen molar-refractivity contribution in [3.63, 3.8) is 0 Å². The van der Waals surface area contributed by atoms with Gasteiger partial charge in [0, 0.05) is 19.3 Å². The molecule has 0 saturated heterocycles. The monoisotopic (exact) mass is 947 g/mol. The molecule has 0 spiro atoms. The largest absolute Gasteiger partial charge is 0.462 e. The van der Waals surface area contributed by atoms with E-state index in [1.807, 2.05) is 0 Å². The van der Waals surface area contributed by atoms with Crippen molar-refractivity contribution in [1.29, 1.82) is 0 Å². The Hall–Kier alpha value is -3.41. The molecule has 1 atom stereocenters. The maximum Gasteiger partial charge on any atom is 0.306 e. The summed E-state index contributed by atoms with van der Waals surface area (Å²) < 4.78 is 16.8. The second kappa shape index (κ2) is 56.2. The molecular formula is C62H106O6. The van der Waals surface area contributed by atoms with E-state index in [0.717, 1.165) is 103 Å². The number of carbonyl (C=O) groups excluding carboxylic acids is 3. The molecule has 0 saturated carbocycles. The number of allylic oxidation sites excluding steroid dienone is 14. The Balaban J connectivity index is 4.47. The molecule has 0 unspecified atom stereocenters. The van der Waals surface area contributed by atoms with E-state index in [4.69, 9.17) is 14.2 Å². The van der Waals surface area contributed by atoms with E-state index in [0.29, 0.717) is 19.3 Å². The first kappa shape index (κ1) is 64.6. The van der Waals surface area contributed by atoms with Crippen molar-refractivity contribution in [3.05, 3.63) is 85.1 Å².